The Morgan fingerprint density at radius 2 is 2.29 bits per heavy atom. The van der Waals surface area contributed by atoms with Gasteiger partial charge in [-0.15, -0.1) is 0 Å². The van der Waals surface area contributed by atoms with Crippen molar-refractivity contribution in [3.63, 3.8) is 0 Å². The van der Waals surface area contributed by atoms with Gasteiger partial charge in [0.25, 0.3) is 0 Å². The molecule has 0 amide bonds. The Hall–Kier alpha value is -1.07. The summed E-state index contributed by atoms with van der Waals surface area (Å²) in [5, 5.41) is 9.29. The van der Waals surface area contributed by atoms with Crippen LogP contribution in [0, 0.1) is 0 Å². The maximum atomic E-state index is 10.5. The molecule has 0 aromatic heterocycles. The van der Waals surface area contributed by atoms with Crippen molar-refractivity contribution >= 4 is 22.2 Å². The molecule has 1 aromatic rings. The molecule has 0 saturated heterocycles. The Balaban J connectivity index is 2.98. The number of hydrogen-bond donors (Lipinski definition) is 1. The van der Waals surface area contributed by atoms with Gasteiger partial charge in [-0.25, -0.2) is 0 Å². The first-order chi connectivity index (χ1) is 6.69. The van der Waals surface area contributed by atoms with Gasteiger partial charge < -0.3 is 14.6 Å². The summed E-state index contributed by atoms with van der Waals surface area (Å²) in [5.41, 5.74) is 0.180. The minimum absolute atomic E-state index is 0.0850. The van der Waals surface area contributed by atoms with Gasteiger partial charge in [-0.3, -0.25) is 4.79 Å². The van der Waals surface area contributed by atoms with E-state index in [2.05, 4.69) is 15.9 Å². The van der Waals surface area contributed by atoms with Crippen molar-refractivity contribution in [1.82, 2.24) is 0 Å². The number of carbonyl (C=O) groups is 1. The lowest BCUT2D eigenvalue weighted by Crippen LogP contribution is -2.00. The summed E-state index contributed by atoms with van der Waals surface area (Å²) in [6.45, 7) is 0.0850. The number of aromatic hydroxyl groups is 1. The summed E-state index contributed by atoms with van der Waals surface area (Å²) in [4.78, 5) is 10.5. The van der Waals surface area contributed by atoms with Crippen molar-refractivity contribution in [1.29, 1.82) is 0 Å². The number of carbonyl (C=O) groups excluding carboxylic acids is 1. The zero-order valence-electron chi connectivity index (χ0n) is 7.49. The third-order valence-electron chi connectivity index (χ3n) is 1.54. The van der Waals surface area contributed by atoms with Gasteiger partial charge in [0.1, 0.15) is 11.5 Å². The molecule has 0 unspecified atom stereocenters. The maximum Gasteiger partial charge on any atom is 0.188 e. The van der Waals surface area contributed by atoms with Crippen LogP contribution in [0.5, 0.6) is 11.5 Å². The van der Waals surface area contributed by atoms with Gasteiger partial charge in [-0.2, -0.15) is 0 Å². The fraction of sp³-hybridized carbons (Fsp3) is 0.222. The van der Waals surface area contributed by atoms with Crippen LogP contribution >= 0.6 is 15.9 Å². The summed E-state index contributed by atoms with van der Waals surface area (Å²) in [5.74, 6) is 0.364. The molecular formula is C9H9BrO4. The standard InChI is InChI=1S/C9H9BrO4/c1-13-5-14-9-2-6(4-11)8(12)3-7(9)10/h2-4,12H,5H2,1H3. The fourth-order valence-electron chi connectivity index (χ4n) is 0.886. The Labute approximate surface area is 89.6 Å². The molecule has 0 heterocycles. The molecule has 5 heteroatoms. The Bertz CT molecular complexity index is 338. The number of methoxy groups -OCH3 is 1. The van der Waals surface area contributed by atoms with Crippen molar-refractivity contribution in [3.05, 3.63) is 22.2 Å². The van der Waals surface area contributed by atoms with Gasteiger partial charge in [0.15, 0.2) is 13.1 Å². The van der Waals surface area contributed by atoms with Gasteiger partial charge in [-0.1, -0.05) is 0 Å². The third-order valence-corrected chi connectivity index (χ3v) is 2.16. The molecule has 1 aromatic carbocycles. The molecule has 1 N–H and O–H groups in total. The van der Waals surface area contributed by atoms with E-state index in [1.165, 1.54) is 19.2 Å². The number of phenols is 1. The molecule has 0 aliphatic carbocycles. The van der Waals surface area contributed by atoms with Crippen LogP contribution in [-0.4, -0.2) is 25.3 Å². The van der Waals surface area contributed by atoms with Crippen molar-refractivity contribution in [2.24, 2.45) is 0 Å². The molecule has 0 radical (unpaired) electrons. The van der Waals surface area contributed by atoms with Crippen molar-refractivity contribution in [3.8, 4) is 11.5 Å². The molecule has 0 atom stereocenters. The first-order valence-electron chi connectivity index (χ1n) is 3.78. The highest BCUT2D eigenvalue weighted by molar-refractivity contribution is 9.10. The summed E-state index contributed by atoms with van der Waals surface area (Å²) < 4.78 is 10.4. The largest absolute Gasteiger partial charge is 0.507 e. The van der Waals surface area contributed by atoms with E-state index in [-0.39, 0.29) is 18.1 Å². The van der Waals surface area contributed by atoms with Crippen molar-refractivity contribution in [2.75, 3.05) is 13.9 Å². The highest BCUT2D eigenvalue weighted by Crippen LogP contribution is 2.31. The van der Waals surface area contributed by atoms with E-state index in [9.17, 15) is 9.90 Å². The normalized spacial score (nSPS) is 9.86. The first kappa shape index (κ1) is 11.0. The second-order valence-corrected chi connectivity index (χ2v) is 3.36. The lowest BCUT2D eigenvalue weighted by atomic mass is 10.2. The van der Waals surface area contributed by atoms with Gasteiger partial charge in [0.05, 0.1) is 10.0 Å². The number of halogens is 1. The minimum Gasteiger partial charge on any atom is -0.507 e. The second kappa shape index (κ2) is 4.97. The van der Waals surface area contributed by atoms with Gasteiger partial charge in [-0.05, 0) is 28.1 Å². The van der Waals surface area contributed by atoms with E-state index >= 15 is 0 Å². The van der Waals surface area contributed by atoms with Crippen LogP contribution in [0.3, 0.4) is 0 Å². The average molecular weight is 261 g/mol. The average Bonchev–Trinajstić information content (AvgIpc) is 2.17. The van der Waals surface area contributed by atoms with Crippen LogP contribution in [0.1, 0.15) is 10.4 Å². The van der Waals surface area contributed by atoms with Crippen LogP contribution in [0.15, 0.2) is 16.6 Å². The number of ether oxygens (including phenoxy) is 2. The highest BCUT2D eigenvalue weighted by atomic mass is 79.9. The molecule has 0 bridgehead atoms. The summed E-state index contributed by atoms with van der Waals surface area (Å²) >= 11 is 3.18. The topological polar surface area (TPSA) is 55.8 Å². The summed E-state index contributed by atoms with van der Waals surface area (Å²) in [6, 6.07) is 2.83. The Morgan fingerprint density at radius 1 is 1.57 bits per heavy atom. The van der Waals surface area contributed by atoms with Crippen LogP contribution < -0.4 is 4.74 Å². The molecular weight excluding hydrogens is 252 g/mol. The maximum absolute atomic E-state index is 10.5. The fourth-order valence-corrected chi connectivity index (χ4v) is 1.33. The van der Waals surface area contributed by atoms with E-state index in [1.54, 1.807) is 0 Å². The number of phenolic OH excluding ortho intramolecular Hbond substituents is 1. The van der Waals surface area contributed by atoms with Crippen LogP contribution in [0.4, 0.5) is 0 Å². The van der Waals surface area contributed by atoms with Crippen LogP contribution in [-0.2, 0) is 4.74 Å². The van der Waals surface area contributed by atoms with Gasteiger partial charge in [0, 0.05) is 7.11 Å². The molecule has 14 heavy (non-hydrogen) atoms. The molecule has 0 aliphatic rings. The van der Waals surface area contributed by atoms with Crippen LogP contribution in [0.25, 0.3) is 0 Å². The lowest BCUT2D eigenvalue weighted by molar-refractivity contribution is 0.0504. The highest BCUT2D eigenvalue weighted by Gasteiger charge is 2.07. The number of aldehydes is 1. The summed E-state index contributed by atoms with van der Waals surface area (Å²) in [7, 11) is 1.49. The smallest absolute Gasteiger partial charge is 0.188 e. The molecule has 4 nitrogen and oxygen atoms in total. The number of rotatable bonds is 4. The molecule has 0 spiro atoms. The third kappa shape index (κ3) is 2.46. The second-order valence-electron chi connectivity index (χ2n) is 2.51. The number of hydrogen-bond acceptors (Lipinski definition) is 4. The molecule has 0 aliphatic heterocycles. The zero-order valence-corrected chi connectivity index (χ0v) is 9.08. The number of benzene rings is 1. The van der Waals surface area contributed by atoms with Gasteiger partial charge in [0.2, 0.25) is 0 Å². The zero-order chi connectivity index (χ0) is 10.6. The Kier molecular flexibility index (Phi) is 3.91. The first-order valence-corrected chi connectivity index (χ1v) is 4.57. The minimum atomic E-state index is -0.0864. The quantitative estimate of drug-likeness (QED) is 0.664. The van der Waals surface area contributed by atoms with Crippen LogP contribution in [0.2, 0.25) is 0 Å². The van der Waals surface area contributed by atoms with E-state index in [0.717, 1.165) is 0 Å². The van der Waals surface area contributed by atoms with Crippen molar-refractivity contribution in [2.45, 2.75) is 0 Å². The van der Waals surface area contributed by atoms with Gasteiger partial charge >= 0.3 is 0 Å². The van der Waals surface area contributed by atoms with E-state index < -0.39 is 0 Å². The predicted molar refractivity (Wildman–Crippen MR) is 53.7 cm³/mol. The van der Waals surface area contributed by atoms with Crippen molar-refractivity contribution < 1.29 is 19.4 Å². The molecule has 76 valence electrons. The molecule has 1 rings (SSSR count). The van der Waals surface area contributed by atoms with E-state index in [4.69, 9.17) is 9.47 Å². The lowest BCUT2D eigenvalue weighted by Gasteiger charge is -2.08. The molecule has 0 saturated carbocycles. The molecule has 0 fully saturated rings. The summed E-state index contributed by atoms with van der Waals surface area (Å²) in [6.07, 6.45) is 0.557. The van der Waals surface area contributed by atoms with E-state index in [1.807, 2.05) is 0 Å². The predicted octanol–water partition coefficient (Wildman–Crippen LogP) is 1.95. The van der Waals surface area contributed by atoms with E-state index in [0.29, 0.717) is 16.5 Å². The monoisotopic (exact) mass is 260 g/mol. The SMILES string of the molecule is COCOc1cc(C=O)c(O)cc1Br. The Morgan fingerprint density at radius 3 is 2.86 bits per heavy atom.